The Morgan fingerprint density at radius 3 is 2.74 bits per heavy atom. The van der Waals surface area contributed by atoms with Crippen molar-refractivity contribution in [1.29, 1.82) is 0 Å². The lowest BCUT2D eigenvalue weighted by atomic mass is 9.58. The molecule has 144 valence electrons. The molecular weight excluding hydrogens is 380 g/mol. The summed E-state index contributed by atoms with van der Waals surface area (Å²) in [6, 6.07) is 7.06. The molecule has 4 atom stereocenters. The minimum atomic E-state index is -0.679. The molecule has 4 fully saturated rings. The molecule has 5 nitrogen and oxygen atoms in total. The molecule has 0 aromatic heterocycles. The molecule has 3 heterocycles. The highest BCUT2D eigenvalue weighted by molar-refractivity contribution is 8.21. The van der Waals surface area contributed by atoms with E-state index in [1.54, 1.807) is 12.1 Å². The van der Waals surface area contributed by atoms with E-state index in [2.05, 4.69) is 35.3 Å². The monoisotopic (exact) mass is 404 g/mol. The molecule has 0 unspecified atom stereocenters. The van der Waals surface area contributed by atoms with Crippen molar-refractivity contribution in [3.8, 4) is 0 Å². The lowest BCUT2D eigenvalue weighted by molar-refractivity contribution is -0.386. The summed E-state index contributed by atoms with van der Waals surface area (Å²) in [5.41, 5.74) is 0.0875. The van der Waals surface area contributed by atoms with Crippen LogP contribution in [0.15, 0.2) is 24.3 Å². The second-order valence-corrected chi connectivity index (χ2v) is 11.8. The molecule has 1 aliphatic carbocycles. The Labute approximate surface area is 167 Å². The largest absolute Gasteiger partial charge is 0.299 e. The molecule has 3 aliphatic heterocycles. The van der Waals surface area contributed by atoms with Gasteiger partial charge in [0.2, 0.25) is 0 Å². The van der Waals surface area contributed by atoms with Crippen LogP contribution in [0, 0.1) is 22.0 Å². The van der Waals surface area contributed by atoms with E-state index in [4.69, 9.17) is 0 Å². The van der Waals surface area contributed by atoms with Crippen molar-refractivity contribution in [3.05, 3.63) is 39.9 Å². The van der Waals surface area contributed by atoms with Crippen molar-refractivity contribution in [1.82, 2.24) is 4.90 Å². The van der Waals surface area contributed by atoms with E-state index < -0.39 is 5.41 Å². The number of nitro groups is 1. The number of hydrogen-bond donors (Lipinski definition) is 0. The highest BCUT2D eigenvalue weighted by atomic mass is 32.2. The first-order valence-electron chi connectivity index (χ1n) is 9.75. The number of rotatable bonds is 3. The second-order valence-electron chi connectivity index (χ2n) is 8.45. The number of Topliss-reactive ketones (excluding diaryl/α,β-unsaturated/α-hetero) is 1. The van der Waals surface area contributed by atoms with Gasteiger partial charge in [-0.05, 0) is 38.1 Å². The first kappa shape index (κ1) is 18.0. The first-order chi connectivity index (χ1) is 13.0. The minimum absolute atomic E-state index is 0.113. The fraction of sp³-hybridized carbons (Fsp3) is 0.650. The summed E-state index contributed by atoms with van der Waals surface area (Å²) in [5, 5.41) is 11.7. The zero-order valence-electron chi connectivity index (χ0n) is 15.4. The Morgan fingerprint density at radius 1 is 1.26 bits per heavy atom. The minimum Gasteiger partial charge on any atom is -0.299 e. The van der Waals surface area contributed by atoms with Gasteiger partial charge in [0.15, 0.2) is 0 Å². The Morgan fingerprint density at radius 2 is 2.00 bits per heavy atom. The average molecular weight is 405 g/mol. The van der Waals surface area contributed by atoms with Crippen LogP contribution in [0.5, 0.6) is 0 Å². The normalized spacial score (nSPS) is 37.5. The number of nitro benzene ring substituents is 1. The van der Waals surface area contributed by atoms with Gasteiger partial charge in [0.05, 0.1) is 14.4 Å². The number of fused-ring (bicyclic) bond motifs is 1. The third kappa shape index (κ3) is 2.47. The first-order valence-corrected chi connectivity index (χ1v) is 11.7. The number of piperidine rings is 1. The summed E-state index contributed by atoms with van der Waals surface area (Å²) >= 11 is 4.12. The predicted molar refractivity (Wildman–Crippen MR) is 109 cm³/mol. The standard InChI is InChI=1S/C20H24N2O3S2/c1-19(26-8-9-27-19)15-12-21-7-6-20(17(21)10-13(15)11-18(20)23)14-4-2-3-5-16(14)22(24)25/h2-5,13,15,17H,6-12H2,1H3/t13-,15-,17+,20-/m1/s1. The van der Waals surface area contributed by atoms with Crippen LogP contribution >= 0.6 is 23.5 Å². The van der Waals surface area contributed by atoms with E-state index >= 15 is 0 Å². The van der Waals surface area contributed by atoms with Crippen LogP contribution in [0.2, 0.25) is 0 Å². The zero-order chi connectivity index (χ0) is 18.8. The Kier molecular flexibility index (Phi) is 4.15. The molecule has 1 aromatic carbocycles. The van der Waals surface area contributed by atoms with Crippen LogP contribution in [0.4, 0.5) is 5.69 Å². The van der Waals surface area contributed by atoms with E-state index in [1.807, 2.05) is 12.1 Å². The van der Waals surface area contributed by atoms with Gasteiger partial charge in [-0.15, -0.1) is 23.5 Å². The van der Waals surface area contributed by atoms with Gasteiger partial charge in [-0.2, -0.15) is 0 Å². The SMILES string of the molecule is CC1([C@@H]2CN3CC[C@]4(c5ccccc5[N+](=O)[O-])C(=O)C[C@H]2C[C@H]34)SCCS1. The van der Waals surface area contributed by atoms with E-state index in [9.17, 15) is 14.9 Å². The summed E-state index contributed by atoms with van der Waals surface area (Å²) in [7, 11) is 0. The number of carbonyl (C=O) groups is 1. The highest BCUT2D eigenvalue weighted by Gasteiger charge is 2.63. The number of benzene rings is 1. The quantitative estimate of drug-likeness (QED) is 0.565. The van der Waals surface area contributed by atoms with Crippen molar-refractivity contribution in [2.45, 2.75) is 41.7 Å². The molecule has 2 bridgehead atoms. The molecule has 7 heteroatoms. The number of thioether (sulfide) groups is 2. The molecule has 0 N–H and O–H groups in total. The Bertz CT molecular complexity index is 810. The van der Waals surface area contributed by atoms with Gasteiger partial charge in [-0.1, -0.05) is 18.2 Å². The number of para-hydroxylation sites is 1. The van der Waals surface area contributed by atoms with Crippen LogP contribution < -0.4 is 0 Å². The van der Waals surface area contributed by atoms with Gasteiger partial charge in [-0.3, -0.25) is 19.8 Å². The molecule has 0 amide bonds. The number of carbonyl (C=O) groups excluding carboxylic acids is 1. The van der Waals surface area contributed by atoms with Crippen LogP contribution in [0.25, 0.3) is 0 Å². The zero-order valence-corrected chi connectivity index (χ0v) is 17.1. The van der Waals surface area contributed by atoms with Crippen LogP contribution in [0.1, 0.15) is 31.7 Å². The summed E-state index contributed by atoms with van der Waals surface area (Å²) in [6.07, 6.45) is 2.30. The molecule has 27 heavy (non-hydrogen) atoms. The summed E-state index contributed by atoms with van der Waals surface area (Å²) in [5.74, 6) is 3.57. The molecule has 1 saturated carbocycles. The van der Waals surface area contributed by atoms with Crippen LogP contribution in [-0.4, -0.2) is 50.3 Å². The van der Waals surface area contributed by atoms with Crippen LogP contribution in [0.3, 0.4) is 0 Å². The second kappa shape index (κ2) is 6.22. The fourth-order valence-corrected chi connectivity index (χ4v) is 9.43. The summed E-state index contributed by atoms with van der Waals surface area (Å²) in [6.45, 7) is 4.27. The van der Waals surface area contributed by atoms with Crippen LogP contribution in [-0.2, 0) is 10.2 Å². The molecule has 5 rings (SSSR count). The lowest BCUT2D eigenvalue weighted by Gasteiger charge is -2.53. The molecule has 0 radical (unpaired) electrons. The average Bonchev–Trinajstić information content (AvgIpc) is 3.27. The van der Waals surface area contributed by atoms with Gasteiger partial charge >= 0.3 is 0 Å². The van der Waals surface area contributed by atoms with E-state index in [1.165, 1.54) is 11.5 Å². The van der Waals surface area contributed by atoms with Gasteiger partial charge in [0.25, 0.3) is 5.69 Å². The van der Waals surface area contributed by atoms with E-state index in [0.717, 1.165) is 25.9 Å². The van der Waals surface area contributed by atoms with Gasteiger partial charge in [0, 0.05) is 42.1 Å². The van der Waals surface area contributed by atoms with Gasteiger partial charge in [0.1, 0.15) is 5.78 Å². The molecule has 0 spiro atoms. The highest BCUT2D eigenvalue weighted by Crippen LogP contribution is 2.60. The third-order valence-corrected chi connectivity index (χ3v) is 10.9. The maximum atomic E-state index is 13.6. The van der Waals surface area contributed by atoms with Crippen molar-refractivity contribution < 1.29 is 9.72 Å². The lowest BCUT2D eigenvalue weighted by Crippen LogP contribution is -2.60. The van der Waals surface area contributed by atoms with Crippen molar-refractivity contribution in [2.75, 3.05) is 24.6 Å². The molecular formula is C20H24N2O3S2. The van der Waals surface area contributed by atoms with Gasteiger partial charge in [-0.25, -0.2) is 0 Å². The number of nitrogens with zero attached hydrogens (tertiary/aromatic N) is 2. The van der Waals surface area contributed by atoms with E-state index in [0.29, 0.717) is 23.8 Å². The summed E-state index contributed by atoms with van der Waals surface area (Å²) in [4.78, 5) is 27.4. The van der Waals surface area contributed by atoms with Crippen molar-refractivity contribution in [3.63, 3.8) is 0 Å². The predicted octanol–water partition coefficient (Wildman–Crippen LogP) is 3.71. The number of ketones is 1. The van der Waals surface area contributed by atoms with E-state index in [-0.39, 0.29) is 26.5 Å². The topological polar surface area (TPSA) is 63.4 Å². The Hall–Kier alpha value is -1.05. The van der Waals surface area contributed by atoms with Crippen molar-refractivity contribution >= 4 is 35.0 Å². The summed E-state index contributed by atoms with van der Waals surface area (Å²) < 4.78 is 0.206. The molecule has 3 saturated heterocycles. The molecule has 4 aliphatic rings. The maximum absolute atomic E-state index is 13.6. The molecule has 1 aromatic rings. The smallest absolute Gasteiger partial charge is 0.273 e. The fourth-order valence-electron chi connectivity index (χ4n) is 6.16. The maximum Gasteiger partial charge on any atom is 0.273 e. The third-order valence-electron chi connectivity index (χ3n) is 7.39. The van der Waals surface area contributed by atoms with Gasteiger partial charge < -0.3 is 0 Å². The van der Waals surface area contributed by atoms with Crippen molar-refractivity contribution in [2.24, 2.45) is 11.8 Å². The number of hydrogen-bond acceptors (Lipinski definition) is 6. The Balaban J connectivity index is 1.55.